The van der Waals surface area contributed by atoms with E-state index in [1.807, 2.05) is 6.07 Å². The zero-order valence-corrected chi connectivity index (χ0v) is 10.1. The topological polar surface area (TPSA) is 12.0 Å². The Morgan fingerprint density at radius 3 is 2.47 bits per heavy atom. The van der Waals surface area contributed by atoms with Crippen LogP contribution in [0.25, 0.3) is 0 Å². The average Bonchev–Trinajstić information content (AvgIpc) is 2.51. The number of rotatable bonds is 4. The van der Waals surface area contributed by atoms with Crippen LogP contribution in [0.4, 0.5) is 8.78 Å². The molecule has 0 saturated carbocycles. The first-order chi connectivity index (χ1) is 6.89. The summed E-state index contributed by atoms with van der Waals surface area (Å²) in [5.41, 5.74) is 0.144. The Hall–Kier alpha value is -0.480. The SMILES string of the molecule is CC(C)(C)c1ccc(CNCC(F)F)s1. The maximum Gasteiger partial charge on any atom is 0.250 e. The molecule has 0 aliphatic carbocycles. The van der Waals surface area contributed by atoms with Gasteiger partial charge in [0.05, 0.1) is 6.54 Å². The molecule has 0 bridgehead atoms. The van der Waals surface area contributed by atoms with Crippen molar-refractivity contribution in [3.8, 4) is 0 Å². The van der Waals surface area contributed by atoms with E-state index in [4.69, 9.17) is 0 Å². The van der Waals surface area contributed by atoms with Crippen LogP contribution in [0.3, 0.4) is 0 Å². The van der Waals surface area contributed by atoms with Gasteiger partial charge in [0, 0.05) is 16.3 Å². The molecule has 0 aliphatic heterocycles. The largest absolute Gasteiger partial charge is 0.306 e. The Balaban J connectivity index is 2.47. The van der Waals surface area contributed by atoms with Gasteiger partial charge in [0.25, 0.3) is 6.43 Å². The number of thiophene rings is 1. The Morgan fingerprint density at radius 2 is 2.00 bits per heavy atom. The monoisotopic (exact) mass is 233 g/mol. The highest BCUT2D eigenvalue weighted by molar-refractivity contribution is 7.12. The van der Waals surface area contributed by atoms with Crippen LogP contribution in [0.15, 0.2) is 12.1 Å². The summed E-state index contributed by atoms with van der Waals surface area (Å²) in [7, 11) is 0. The normalized spacial score (nSPS) is 12.4. The predicted octanol–water partition coefficient (Wildman–Crippen LogP) is 3.40. The van der Waals surface area contributed by atoms with Gasteiger partial charge in [-0.05, 0) is 17.5 Å². The van der Waals surface area contributed by atoms with Crippen LogP contribution in [-0.4, -0.2) is 13.0 Å². The molecular weight excluding hydrogens is 216 g/mol. The minimum atomic E-state index is -2.27. The molecule has 0 saturated heterocycles. The van der Waals surface area contributed by atoms with Gasteiger partial charge in [-0.15, -0.1) is 11.3 Å². The van der Waals surface area contributed by atoms with E-state index in [1.54, 1.807) is 11.3 Å². The molecule has 1 nitrogen and oxygen atoms in total. The molecule has 86 valence electrons. The molecule has 1 rings (SSSR count). The zero-order chi connectivity index (χ0) is 11.5. The van der Waals surface area contributed by atoms with Crippen molar-refractivity contribution in [2.45, 2.75) is 39.2 Å². The van der Waals surface area contributed by atoms with Gasteiger partial charge < -0.3 is 5.32 Å². The minimum Gasteiger partial charge on any atom is -0.306 e. The first-order valence-electron chi connectivity index (χ1n) is 4.97. The van der Waals surface area contributed by atoms with Gasteiger partial charge in [0.1, 0.15) is 0 Å². The molecule has 0 spiro atoms. The summed E-state index contributed by atoms with van der Waals surface area (Å²) >= 11 is 1.68. The Morgan fingerprint density at radius 1 is 1.33 bits per heavy atom. The molecule has 1 heterocycles. The summed E-state index contributed by atoms with van der Waals surface area (Å²) in [5.74, 6) is 0. The van der Waals surface area contributed by atoms with E-state index >= 15 is 0 Å². The molecule has 0 aromatic carbocycles. The van der Waals surface area contributed by atoms with Crippen LogP contribution in [0.5, 0.6) is 0 Å². The van der Waals surface area contributed by atoms with Crippen LogP contribution in [-0.2, 0) is 12.0 Å². The van der Waals surface area contributed by atoms with Crippen LogP contribution >= 0.6 is 11.3 Å². The molecular formula is C11H17F2NS. The van der Waals surface area contributed by atoms with E-state index < -0.39 is 6.43 Å². The molecule has 0 radical (unpaired) electrons. The number of alkyl halides is 2. The Bertz CT molecular complexity index is 302. The van der Waals surface area contributed by atoms with Crippen LogP contribution in [0.2, 0.25) is 0 Å². The van der Waals surface area contributed by atoms with Crippen LogP contribution < -0.4 is 5.32 Å². The van der Waals surface area contributed by atoms with E-state index in [2.05, 4.69) is 32.2 Å². The first kappa shape index (κ1) is 12.6. The van der Waals surface area contributed by atoms with E-state index in [0.717, 1.165) is 4.88 Å². The van der Waals surface area contributed by atoms with Crippen molar-refractivity contribution in [1.82, 2.24) is 5.32 Å². The molecule has 1 aromatic heterocycles. The molecule has 1 N–H and O–H groups in total. The third-order valence-corrected chi connectivity index (χ3v) is 3.51. The lowest BCUT2D eigenvalue weighted by Crippen LogP contribution is -2.19. The molecule has 0 atom stereocenters. The molecule has 15 heavy (non-hydrogen) atoms. The fourth-order valence-electron chi connectivity index (χ4n) is 1.18. The van der Waals surface area contributed by atoms with Gasteiger partial charge in [0.2, 0.25) is 0 Å². The first-order valence-corrected chi connectivity index (χ1v) is 5.79. The highest BCUT2D eigenvalue weighted by atomic mass is 32.1. The van der Waals surface area contributed by atoms with Crippen molar-refractivity contribution in [3.63, 3.8) is 0 Å². The predicted molar refractivity (Wildman–Crippen MR) is 60.7 cm³/mol. The summed E-state index contributed by atoms with van der Waals surface area (Å²) in [6.45, 7) is 6.74. The van der Waals surface area contributed by atoms with Crippen LogP contribution in [0.1, 0.15) is 30.5 Å². The average molecular weight is 233 g/mol. The molecule has 0 aliphatic rings. The Kier molecular flexibility index (Phi) is 4.22. The van der Waals surface area contributed by atoms with E-state index in [9.17, 15) is 8.78 Å². The maximum atomic E-state index is 11.9. The lowest BCUT2D eigenvalue weighted by atomic mass is 9.95. The molecule has 0 unspecified atom stereocenters. The van der Waals surface area contributed by atoms with Crippen molar-refractivity contribution in [2.24, 2.45) is 0 Å². The third-order valence-electron chi connectivity index (χ3n) is 2.00. The molecule has 0 amide bonds. The van der Waals surface area contributed by atoms with Crippen molar-refractivity contribution < 1.29 is 8.78 Å². The van der Waals surface area contributed by atoms with Crippen molar-refractivity contribution >= 4 is 11.3 Å². The summed E-state index contributed by atoms with van der Waals surface area (Å²) in [5, 5.41) is 2.73. The van der Waals surface area contributed by atoms with Gasteiger partial charge in [-0.2, -0.15) is 0 Å². The second-order valence-corrected chi connectivity index (χ2v) is 5.71. The van der Waals surface area contributed by atoms with Gasteiger partial charge in [0.15, 0.2) is 0 Å². The number of hydrogen-bond acceptors (Lipinski definition) is 2. The standard InChI is InChI=1S/C11H17F2NS/c1-11(2,3)9-5-4-8(15-9)6-14-7-10(12)13/h4-5,10,14H,6-7H2,1-3H3. The van der Waals surface area contributed by atoms with Crippen molar-refractivity contribution in [1.29, 1.82) is 0 Å². The van der Waals surface area contributed by atoms with Crippen molar-refractivity contribution in [3.05, 3.63) is 21.9 Å². The quantitative estimate of drug-likeness (QED) is 0.840. The smallest absolute Gasteiger partial charge is 0.250 e. The van der Waals surface area contributed by atoms with Gasteiger partial charge in [-0.25, -0.2) is 8.78 Å². The molecule has 1 aromatic rings. The fourth-order valence-corrected chi connectivity index (χ4v) is 2.22. The van der Waals surface area contributed by atoms with E-state index in [1.165, 1.54) is 4.88 Å². The van der Waals surface area contributed by atoms with E-state index in [-0.39, 0.29) is 12.0 Å². The lowest BCUT2D eigenvalue weighted by Gasteiger charge is -2.15. The summed E-state index contributed by atoms with van der Waals surface area (Å²) < 4.78 is 23.7. The zero-order valence-electron chi connectivity index (χ0n) is 9.31. The third kappa shape index (κ3) is 4.26. The number of halogens is 2. The Labute approximate surface area is 93.5 Å². The number of nitrogens with one attached hydrogen (secondary N) is 1. The summed E-state index contributed by atoms with van der Waals surface area (Å²) in [6.07, 6.45) is -2.27. The fraction of sp³-hybridized carbons (Fsp3) is 0.636. The highest BCUT2D eigenvalue weighted by Gasteiger charge is 2.15. The van der Waals surface area contributed by atoms with Crippen LogP contribution in [0, 0.1) is 0 Å². The number of hydrogen-bond donors (Lipinski definition) is 1. The molecule has 4 heteroatoms. The molecule has 0 fully saturated rings. The maximum absolute atomic E-state index is 11.9. The highest BCUT2D eigenvalue weighted by Crippen LogP contribution is 2.29. The van der Waals surface area contributed by atoms with Gasteiger partial charge in [-0.1, -0.05) is 20.8 Å². The van der Waals surface area contributed by atoms with Gasteiger partial charge in [-0.3, -0.25) is 0 Å². The summed E-state index contributed by atoms with van der Waals surface area (Å²) in [6, 6.07) is 4.08. The minimum absolute atomic E-state index is 0.144. The van der Waals surface area contributed by atoms with E-state index in [0.29, 0.717) is 6.54 Å². The van der Waals surface area contributed by atoms with Gasteiger partial charge >= 0.3 is 0 Å². The second kappa shape index (κ2) is 5.03. The lowest BCUT2D eigenvalue weighted by molar-refractivity contribution is 0.145. The van der Waals surface area contributed by atoms with Crippen molar-refractivity contribution in [2.75, 3.05) is 6.54 Å². The second-order valence-electron chi connectivity index (χ2n) is 4.54. The summed E-state index contributed by atoms with van der Waals surface area (Å²) in [4.78, 5) is 2.40.